The molecule has 1 N–H and O–H groups in total. The summed E-state index contributed by atoms with van der Waals surface area (Å²) in [6.07, 6.45) is -0.134. The van der Waals surface area contributed by atoms with Crippen LogP contribution in [0, 0.1) is 5.92 Å². The highest BCUT2D eigenvalue weighted by molar-refractivity contribution is 8.10. The highest BCUT2D eigenvalue weighted by atomic mass is 32.3. The van der Waals surface area contributed by atoms with Gasteiger partial charge in [0.15, 0.2) is 23.8 Å². The lowest BCUT2D eigenvalue weighted by Gasteiger charge is -2.24. The summed E-state index contributed by atoms with van der Waals surface area (Å²) in [6, 6.07) is 15.1. The Kier molecular flexibility index (Phi) is 4.09. The number of hydrogen-bond acceptors (Lipinski definition) is 5. The summed E-state index contributed by atoms with van der Waals surface area (Å²) in [4.78, 5) is -0.109. The van der Waals surface area contributed by atoms with Crippen molar-refractivity contribution in [3.8, 4) is 0 Å². The predicted octanol–water partition coefficient (Wildman–Crippen LogP) is 2.42. The number of benzene rings is 2. The second kappa shape index (κ2) is 5.65. The molecule has 0 aliphatic heterocycles. The summed E-state index contributed by atoms with van der Waals surface area (Å²) in [6.45, 7) is 2.89. The molecule has 0 aromatic heterocycles. The third-order valence-corrected chi connectivity index (χ3v) is 10.6. The maximum Gasteiger partial charge on any atom is 0.199 e. The molecule has 7 heteroatoms. The number of hydrogen-bond donors (Lipinski definition) is 1. The van der Waals surface area contributed by atoms with Gasteiger partial charge in [-0.2, -0.15) is 0 Å². The number of sulfone groups is 2. The zero-order chi connectivity index (χ0) is 18.5. The van der Waals surface area contributed by atoms with Crippen LogP contribution in [0.1, 0.15) is 20.3 Å². The van der Waals surface area contributed by atoms with Gasteiger partial charge in [0.1, 0.15) is 0 Å². The maximum atomic E-state index is 13.3. The van der Waals surface area contributed by atoms with E-state index in [-0.39, 0.29) is 16.2 Å². The van der Waals surface area contributed by atoms with Crippen LogP contribution in [0.15, 0.2) is 70.5 Å². The monoisotopic (exact) mass is 380 g/mol. The zero-order valence-electron chi connectivity index (χ0n) is 14.0. The third kappa shape index (κ3) is 2.61. The van der Waals surface area contributed by atoms with Crippen LogP contribution >= 0.6 is 0 Å². The Morgan fingerprint density at radius 2 is 1.20 bits per heavy atom. The first kappa shape index (κ1) is 18.1. The molecule has 1 aliphatic carbocycles. The van der Waals surface area contributed by atoms with Crippen LogP contribution in [0.3, 0.4) is 0 Å². The molecule has 0 bridgehead atoms. The van der Waals surface area contributed by atoms with E-state index in [2.05, 4.69) is 0 Å². The molecule has 3 rings (SSSR count). The second-order valence-corrected chi connectivity index (χ2v) is 11.5. The van der Waals surface area contributed by atoms with Gasteiger partial charge in [-0.15, -0.1) is 0 Å². The van der Waals surface area contributed by atoms with Crippen LogP contribution in [0.2, 0.25) is 0 Å². The summed E-state index contributed by atoms with van der Waals surface area (Å²) in [7, 11) is -8.43. The van der Waals surface area contributed by atoms with Gasteiger partial charge >= 0.3 is 0 Å². The molecule has 1 unspecified atom stereocenters. The lowest BCUT2D eigenvalue weighted by atomic mass is 10.0. The summed E-state index contributed by atoms with van der Waals surface area (Å²) < 4.78 is 51.2. The van der Waals surface area contributed by atoms with E-state index in [9.17, 15) is 21.9 Å². The minimum absolute atomic E-state index is 0.0544. The molecule has 5 nitrogen and oxygen atoms in total. The van der Waals surface area contributed by atoms with Gasteiger partial charge in [-0.1, -0.05) is 36.4 Å². The van der Waals surface area contributed by atoms with Crippen molar-refractivity contribution in [3.05, 3.63) is 60.7 Å². The fourth-order valence-corrected chi connectivity index (χ4v) is 9.01. The number of rotatable bonds is 5. The summed E-state index contributed by atoms with van der Waals surface area (Å²) in [5, 5.41) is 10.4. The molecule has 0 amide bonds. The number of aliphatic hydroxyl groups is 1. The molecule has 25 heavy (non-hydrogen) atoms. The summed E-state index contributed by atoms with van der Waals surface area (Å²) in [5.41, 5.74) is -1.44. The summed E-state index contributed by atoms with van der Waals surface area (Å²) >= 11 is 0. The molecule has 1 saturated carbocycles. The highest BCUT2D eigenvalue weighted by Gasteiger charge is 2.76. The quantitative estimate of drug-likeness (QED) is 0.861. The van der Waals surface area contributed by atoms with E-state index in [4.69, 9.17) is 0 Å². The largest absolute Gasteiger partial charge is 0.390 e. The van der Waals surface area contributed by atoms with E-state index in [1.165, 1.54) is 38.1 Å². The van der Waals surface area contributed by atoms with Gasteiger partial charge in [0.05, 0.1) is 15.4 Å². The van der Waals surface area contributed by atoms with Crippen molar-refractivity contribution in [3.63, 3.8) is 0 Å². The van der Waals surface area contributed by atoms with Gasteiger partial charge in [-0.3, -0.25) is 0 Å². The van der Waals surface area contributed by atoms with E-state index in [1.807, 2.05) is 0 Å². The van der Waals surface area contributed by atoms with Crippen molar-refractivity contribution in [2.75, 3.05) is 0 Å². The van der Waals surface area contributed by atoms with E-state index in [0.717, 1.165) is 0 Å². The Bertz CT molecular complexity index is 903. The van der Waals surface area contributed by atoms with E-state index < -0.39 is 35.3 Å². The smallest absolute Gasteiger partial charge is 0.199 e. The zero-order valence-corrected chi connectivity index (χ0v) is 15.6. The van der Waals surface area contributed by atoms with Crippen LogP contribution < -0.4 is 0 Å². The minimum Gasteiger partial charge on any atom is -0.390 e. The predicted molar refractivity (Wildman–Crippen MR) is 94.4 cm³/mol. The SMILES string of the molecule is CC(C)(O)C1CC1(S(=O)(=O)c1ccccc1)S(=O)(=O)c1ccccc1. The van der Waals surface area contributed by atoms with Crippen molar-refractivity contribution < 1.29 is 21.9 Å². The van der Waals surface area contributed by atoms with Crippen molar-refractivity contribution >= 4 is 19.7 Å². The maximum absolute atomic E-state index is 13.3. The average molecular weight is 380 g/mol. The molecule has 2 aromatic carbocycles. The van der Waals surface area contributed by atoms with Crippen LogP contribution in [0.25, 0.3) is 0 Å². The highest BCUT2D eigenvalue weighted by Crippen LogP contribution is 2.62. The minimum atomic E-state index is -4.21. The second-order valence-electron chi connectivity index (χ2n) is 6.86. The Labute approximate surface area is 148 Å². The van der Waals surface area contributed by atoms with Gasteiger partial charge in [0.25, 0.3) is 0 Å². The van der Waals surface area contributed by atoms with Crippen molar-refractivity contribution in [1.29, 1.82) is 0 Å². The standard InChI is InChI=1S/C18H20O5S2/c1-17(2,19)16-13-18(16,24(20,21)14-9-5-3-6-10-14)25(22,23)15-11-7-4-8-12-15/h3-12,16,19H,13H2,1-2H3. The average Bonchev–Trinajstić information content (AvgIpc) is 3.35. The van der Waals surface area contributed by atoms with E-state index in [1.54, 1.807) is 36.4 Å². The van der Waals surface area contributed by atoms with Crippen LogP contribution in [0.5, 0.6) is 0 Å². The molecule has 1 fully saturated rings. The molecule has 0 spiro atoms. The molecular weight excluding hydrogens is 360 g/mol. The van der Waals surface area contributed by atoms with Crippen molar-refractivity contribution in [1.82, 2.24) is 0 Å². The fourth-order valence-electron chi connectivity index (χ4n) is 3.35. The Morgan fingerprint density at radius 1 is 0.840 bits per heavy atom. The molecule has 0 heterocycles. The van der Waals surface area contributed by atoms with Gasteiger partial charge < -0.3 is 5.11 Å². The lowest BCUT2D eigenvalue weighted by molar-refractivity contribution is 0.0556. The van der Waals surface area contributed by atoms with Gasteiger partial charge in [0.2, 0.25) is 0 Å². The first-order chi connectivity index (χ1) is 11.5. The Hall–Kier alpha value is -1.70. The molecule has 134 valence electrons. The Balaban J connectivity index is 2.25. The molecule has 1 atom stereocenters. The van der Waals surface area contributed by atoms with Gasteiger partial charge in [-0.05, 0) is 44.5 Å². The third-order valence-electron chi connectivity index (χ3n) is 4.73. The van der Waals surface area contributed by atoms with Gasteiger partial charge in [-0.25, -0.2) is 16.8 Å². The lowest BCUT2D eigenvalue weighted by Crippen LogP contribution is -2.40. The van der Waals surface area contributed by atoms with Gasteiger partial charge in [0, 0.05) is 5.92 Å². The molecule has 0 radical (unpaired) electrons. The van der Waals surface area contributed by atoms with Crippen LogP contribution in [0.4, 0.5) is 0 Å². The normalized spacial score (nSPS) is 20.2. The van der Waals surface area contributed by atoms with Crippen molar-refractivity contribution in [2.45, 2.75) is 39.7 Å². The van der Waals surface area contributed by atoms with E-state index >= 15 is 0 Å². The molecule has 0 saturated heterocycles. The van der Waals surface area contributed by atoms with Crippen LogP contribution in [-0.2, 0) is 19.7 Å². The van der Waals surface area contributed by atoms with Crippen molar-refractivity contribution in [2.24, 2.45) is 5.92 Å². The van der Waals surface area contributed by atoms with Crippen LogP contribution in [-0.4, -0.2) is 31.6 Å². The molecular formula is C18H20O5S2. The first-order valence-corrected chi connectivity index (χ1v) is 10.8. The summed E-state index contributed by atoms with van der Waals surface area (Å²) in [5.74, 6) is -0.907. The molecule has 2 aromatic rings. The Morgan fingerprint density at radius 3 is 1.48 bits per heavy atom. The van der Waals surface area contributed by atoms with E-state index in [0.29, 0.717) is 0 Å². The molecule has 1 aliphatic rings. The topological polar surface area (TPSA) is 88.5 Å². The fraction of sp³-hybridized carbons (Fsp3) is 0.333. The first-order valence-electron chi connectivity index (χ1n) is 7.87.